The Kier molecular flexibility index (Phi) is 4.73. The van der Waals surface area contributed by atoms with Crippen molar-refractivity contribution in [1.29, 1.82) is 0 Å². The Morgan fingerprint density at radius 3 is 2.88 bits per heavy atom. The van der Waals surface area contributed by atoms with E-state index in [4.69, 9.17) is 4.74 Å². The van der Waals surface area contributed by atoms with Crippen molar-refractivity contribution in [2.45, 2.75) is 5.03 Å². The molecule has 0 radical (unpaired) electrons. The fourth-order valence-electron chi connectivity index (χ4n) is 2.51. The van der Waals surface area contributed by atoms with Crippen molar-refractivity contribution in [1.82, 2.24) is 9.97 Å². The van der Waals surface area contributed by atoms with Gasteiger partial charge < -0.3 is 10.1 Å². The Morgan fingerprint density at radius 2 is 2.00 bits per heavy atom. The quantitative estimate of drug-likeness (QED) is 0.513. The summed E-state index contributed by atoms with van der Waals surface area (Å²) in [4.78, 5) is 21.2. The van der Waals surface area contributed by atoms with Crippen LogP contribution in [0.25, 0.3) is 21.1 Å². The summed E-state index contributed by atoms with van der Waals surface area (Å²) in [6.45, 7) is 0. The minimum Gasteiger partial charge on any atom is -0.497 e. The molecule has 0 unspecified atom stereocenters. The Labute approximate surface area is 158 Å². The first-order chi connectivity index (χ1) is 12.7. The maximum absolute atomic E-state index is 12.2. The number of thiazole rings is 1. The van der Waals surface area contributed by atoms with Crippen LogP contribution in [-0.2, 0) is 4.79 Å². The zero-order valence-electron chi connectivity index (χ0n) is 13.9. The fraction of sp³-hybridized carbons (Fsp3) is 0.105. The van der Waals surface area contributed by atoms with Crippen LogP contribution in [0, 0.1) is 0 Å². The van der Waals surface area contributed by atoms with Crippen LogP contribution in [0.4, 0.5) is 5.13 Å². The Balaban J connectivity index is 1.41. The number of hydrogen-bond acceptors (Lipinski definition) is 6. The van der Waals surface area contributed by atoms with Gasteiger partial charge in [-0.25, -0.2) is 9.97 Å². The standard InChI is InChI=1S/C19H15N3O2S2/c1-24-13-7-8-15-16(10-13)26-19(21-15)22-17(23)11-25-18-9-6-12-4-2-3-5-14(12)20-18/h2-10H,11H2,1H3,(H,21,22,23). The number of hydrogen-bond donors (Lipinski definition) is 1. The number of para-hydroxylation sites is 1. The zero-order valence-corrected chi connectivity index (χ0v) is 15.6. The van der Waals surface area contributed by atoms with Crippen molar-refractivity contribution in [3.05, 3.63) is 54.6 Å². The molecule has 0 saturated carbocycles. The normalized spacial score (nSPS) is 11.0. The van der Waals surface area contributed by atoms with Gasteiger partial charge in [0.05, 0.1) is 33.6 Å². The van der Waals surface area contributed by atoms with E-state index < -0.39 is 0 Å². The average Bonchev–Trinajstić information content (AvgIpc) is 3.07. The molecule has 0 spiro atoms. The van der Waals surface area contributed by atoms with Crippen molar-refractivity contribution in [2.75, 3.05) is 18.2 Å². The Morgan fingerprint density at radius 1 is 1.12 bits per heavy atom. The second-order valence-corrected chi connectivity index (χ2v) is 7.56. The monoisotopic (exact) mass is 381 g/mol. The molecule has 0 aliphatic heterocycles. The first-order valence-corrected chi connectivity index (χ1v) is 9.74. The number of aromatic nitrogens is 2. The highest BCUT2D eigenvalue weighted by Crippen LogP contribution is 2.29. The molecule has 2 aromatic heterocycles. The topological polar surface area (TPSA) is 64.1 Å². The summed E-state index contributed by atoms with van der Waals surface area (Å²) < 4.78 is 6.19. The number of thioether (sulfide) groups is 1. The van der Waals surface area contributed by atoms with Crippen LogP contribution >= 0.6 is 23.1 Å². The fourth-order valence-corrected chi connectivity index (χ4v) is 4.10. The number of amides is 1. The van der Waals surface area contributed by atoms with Crippen LogP contribution in [0.5, 0.6) is 5.75 Å². The molecule has 5 nitrogen and oxygen atoms in total. The minimum atomic E-state index is -0.101. The van der Waals surface area contributed by atoms with E-state index >= 15 is 0 Å². The third-order valence-corrected chi connectivity index (χ3v) is 5.63. The number of nitrogens with one attached hydrogen (secondary N) is 1. The number of anilines is 1. The van der Waals surface area contributed by atoms with Gasteiger partial charge in [0, 0.05) is 5.39 Å². The molecule has 130 valence electrons. The van der Waals surface area contributed by atoms with Gasteiger partial charge in [-0.15, -0.1) is 0 Å². The van der Waals surface area contributed by atoms with Crippen molar-refractivity contribution in [2.24, 2.45) is 0 Å². The maximum atomic E-state index is 12.2. The summed E-state index contributed by atoms with van der Waals surface area (Å²) in [5.74, 6) is 0.956. The number of carbonyl (C=O) groups is 1. The second kappa shape index (κ2) is 7.31. The van der Waals surface area contributed by atoms with Gasteiger partial charge in [-0.1, -0.05) is 47.4 Å². The number of methoxy groups -OCH3 is 1. The van der Waals surface area contributed by atoms with E-state index in [1.54, 1.807) is 7.11 Å². The Bertz CT molecular complexity index is 1090. The van der Waals surface area contributed by atoms with Crippen molar-refractivity contribution < 1.29 is 9.53 Å². The van der Waals surface area contributed by atoms with Gasteiger partial charge >= 0.3 is 0 Å². The molecule has 0 saturated heterocycles. The van der Waals surface area contributed by atoms with Gasteiger partial charge in [0.25, 0.3) is 0 Å². The SMILES string of the molecule is COc1ccc2nc(NC(=O)CSc3ccc4ccccc4n3)sc2c1. The highest BCUT2D eigenvalue weighted by molar-refractivity contribution is 7.99. The summed E-state index contributed by atoms with van der Waals surface area (Å²) in [7, 11) is 1.63. The molecule has 0 fully saturated rings. The van der Waals surface area contributed by atoms with E-state index in [-0.39, 0.29) is 11.7 Å². The number of fused-ring (bicyclic) bond motifs is 2. The van der Waals surface area contributed by atoms with Crippen LogP contribution in [0.3, 0.4) is 0 Å². The number of pyridine rings is 1. The molecule has 1 amide bonds. The van der Waals surface area contributed by atoms with Crippen LogP contribution < -0.4 is 10.1 Å². The van der Waals surface area contributed by atoms with Crippen LogP contribution in [-0.4, -0.2) is 28.7 Å². The molecule has 26 heavy (non-hydrogen) atoms. The molecular weight excluding hydrogens is 366 g/mol. The second-order valence-electron chi connectivity index (χ2n) is 5.53. The molecule has 0 aliphatic carbocycles. The van der Waals surface area contributed by atoms with Crippen LogP contribution in [0.15, 0.2) is 59.6 Å². The first kappa shape index (κ1) is 16.8. The number of ether oxygens (including phenoxy) is 1. The minimum absolute atomic E-state index is 0.101. The molecule has 1 N–H and O–H groups in total. The molecule has 2 heterocycles. The van der Waals surface area contributed by atoms with E-state index in [1.165, 1.54) is 23.1 Å². The van der Waals surface area contributed by atoms with Crippen LogP contribution in [0.1, 0.15) is 0 Å². The van der Waals surface area contributed by atoms with Crippen LogP contribution in [0.2, 0.25) is 0 Å². The predicted octanol–water partition coefficient (Wildman–Crippen LogP) is 4.58. The molecule has 4 aromatic rings. The van der Waals surface area contributed by atoms with Crippen molar-refractivity contribution in [3.63, 3.8) is 0 Å². The Hall–Kier alpha value is -2.64. The lowest BCUT2D eigenvalue weighted by Gasteiger charge is -2.03. The molecule has 7 heteroatoms. The van der Waals surface area contributed by atoms with Gasteiger partial charge in [0.2, 0.25) is 5.91 Å². The van der Waals surface area contributed by atoms with Gasteiger partial charge in [-0.05, 0) is 30.3 Å². The lowest BCUT2D eigenvalue weighted by molar-refractivity contribution is -0.113. The summed E-state index contributed by atoms with van der Waals surface area (Å²) in [6.07, 6.45) is 0. The largest absolute Gasteiger partial charge is 0.497 e. The lowest BCUT2D eigenvalue weighted by Crippen LogP contribution is -2.13. The average molecular weight is 381 g/mol. The lowest BCUT2D eigenvalue weighted by atomic mass is 10.2. The number of carbonyl (C=O) groups excluding carboxylic acids is 1. The van der Waals surface area contributed by atoms with Gasteiger partial charge in [-0.2, -0.15) is 0 Å². The molecule has 0 atom stereocenters. The third kappa shape index (κ3) is 3.63. The third-order valence-electron chi connectivity index (χ3n) is 3.77. The van der Waals surface area contributed by atoms with E-state index in [0.717, 1.165) is 31.9 Å². The first-order valence-electron chi connectivity index (χ1n) is 7.94. The zero-order chi connectivity index (χ0) is 17.9. The highest BCUT2D eigenvalue weighted by atomic mass is 32.2. The number of benzene rings is 2. The smallest absolute Gasteiger partial charge is 0.236 e. The van der Waals surface area contributed by atoms with Crippen molar-refractivity contribution >= 4 is 55.3 Å². The van der Waals surface area contributed by atoms with Gasteiger partial charge in [0.15, 0.2) is 5.13 Å². The summed E-state index contributed by atoms with van der Waals surface area (Å²) in [6, 6.07) is 17.5. The van der Waals surface area contributed by atoms with Crippen molar-refractivity contribution in [3.8, 4) is 5.75 Å². The number of rotatable bonds is 5. The summed E-state index contributed by atoms with van der Waals surface area (Å²) in [5.41, 5.74) is 1.77. The van der Waals surface area contributed by atoms with E-state index in [2.05, 4.69) is 15.3 Å². The highest BCUT2D eigenvalue weighted by Gasteiger charge is 2.10. The van der Waals surface area contributed by atoms with E-state index in [9.17, 15) is 4.79 Å². The maximum Gasteiger partial charge on any atom is 0.236 e. The summed E-state index contributed by atoms with van der Waals surface area (Å²) >= 11 is 2.84. The summed E-state index contributed by atoms with van der Waals surface area (Å²) in [5, 5.41) is 5.36. The molecule has 0 aliphatic rings. The van der Waals surface area contributed by atoms with Gasteiger partial charge in [-0.3, -0.25) is 4.79 Å². The molecule has 2 aromatic carbocycles. The van der Waals surface area contributed by atoms with Gasteiger partial charge in [0.1, 0.15) is 5.75 Å². The molecular formula is C19H15N3O2S2. The van der Waals surface area contributed by atoms with E-state index in [0.29, 0.717) is 5.13 Å². The molecule has 4 rings (SSSR count). The number of nitrogens with zero attached hydrogens (tertiary/aromatic N) is 2. The molecule has 0 bridgehead atoms. The predicted molar refractivity (Wildman–Crippen MR) is 107 cm³/mol. The van der Waals surface area contributed by atoms with E-state index in [1.807, 2.05) is 54.6 Å².